The van der Waals surface area contributed by atoms with Crippen LogP contribution in [0, 0.1) is 83.1 Å². The zero-order valence-electron chi connectivity index (χ0n) is 30.5. The van der Waals surface area contributed by atoms with Gasteiger partial charge in [0.2, 0.25) is 11.8 Å². The Morgan fingerprint density at radius 1 is 0.490 bits per heavy atom. The van der Waals surface area contributed by atoms with Crippen molar-refractivity contribution < 1.29 is 9.05 Å². The van der Waals surface area contributed by atoms with E-state index in [-0.39, 0.29) is 0 Å². The molecule has 0 fully saturated rings. The fourth-order valence-electron chi connectivity index (χ4n) is 2.97. The molecule has 0 radical (unpaired) electrons. The summed E-state index contributed by atoms with van der Waals surface area (Å²) >= 11 is 4.58. The van der Waals surface area contributed by atoms with Gasteiger partial charge in [-0.05, 0) is 92.3 Å². The van der Waals surface area contributed by atoms with Crippen molar-refractivity contribution in [1.29, 1.82) is 0 Å². The topological polar surface area (TPSA) is 204 Å². The highest BCUT2D eigenvalue weighted by atomic mass is 32.1. The predicted molar refractivity (Wildman–Crippen MR) is 189 cm³/mol. The molecule has 0 spiro atoms. The summed E-state index contributed by atoms with van der Waals surface area (Å²) < 4.78 is 20.5. The van der Waals surface area contributed by atoms with Gasteiger partial charge in [-0.3, -0.25) is 9.36 Å². The molecular weight excluding hydrogens is 687 g/mol. The van der Waals surface area contributed by atoms with E-state index in [1.54, 1.807) is 61.0 Å². The van der Waals surface area contributed by atoms with Gasteiger partial charge in [0.05, 0.1) is 5.01 Å². The summed E-state index contributed by atoms with van der Waals surface area (Å²) in [6.45, 7) is 22.5. The second kappa shape index (κ2) is 22.8. The summed E-state index contributed by atoms with van der Waals surface area (Å²) in [4.78, 5) is 27.6. The van der Waals surface area contributed by atoms with Crippen molar-refractivity contribution in [3.8, 4) is 0 Å². The van der Waals surface area contributed by atoms with Crippen LogP contribution >= 0.6 is 34.4 Å². The molecule has 0 aliphatic heterocycles. The molecule has 17 nitrogen and oxygen atoms in total. The first-order valence-corrected chi connectivity index (χ1v) is 17.1. The summed E-state index contributed by atoms with van der Waals surface area (Å²) in [6, 6.07) is 0. The van der Waals surface area contributed by atoms with Crippen LogP contribution in [0.3, 0.4) is 0 Å². The van der Waals surface area contributed by atoms with E-state index in [0.717, 1.165) is 44.0 Å². The van der Waals surface area contributed by atoms with E-state index < -0.39 is 0 Å². The molecule has 0 saturated heterocycles. The van der Waals surface area contributed by atoms with E-state index in [9.17, 15) is 0 Å². The third-order valence-electron chi connectivity index (χ3n) is 4.68. The van der Waals surface area contributed by atoms with E-state index in [2.05, 4.69) is 78.6 Å². The molecule has 0 bridgehead atoms. The average Bonchev–Trinajstić information content (AvgIpc) is 3.90. The highest BCUT2D eigenvalue weighted by molar-refractivity contribution is 7.09. The summed E-state index contributed by atoms with van der Waals surface area (Å²) in [5, 5.41) is 20.2. The molecule has 0 amide bonds. The Morgan fingerprint density at radius 2 is 0.898 bits per heavy atom. The number of rotatable bonds is 0. The summed E-state index contributed by atoms with van der Waals surface area (Å²) in [5.41, 5.74) is 1.13. The van der Waals surface area contributed by atoms with Gasteiger partial charge in [0.1, 0.15) is 46.0 Å². The minimum Gasteiger partial charge on any atom is -0.340 e. The Bertz CT molecular complexity index is 1370. The quantitative estimate of drug-likeness (QED) is 0.184. The van der Waals surface area contributed by atoms with Crippen molar-refractivity contribution >= 4 is 34.4 Å². The van der Waals surface area contributed by atoms with Crippen LogP contribution in [0.25, 0.3) is 0 Å². The number of hydrogen-bond acceptors (Lipinski definition) is 18. The SMILES string of the molecule is Cc1csc(C)n1.Cc1ncn(C)n1.Cc1ncn(C)n1.Cc1noc(C)n1.Cc1noc(C)n1.Cc1nsc(C)n1.Cc1nsc(C)n1. The molecule has 0 atom stereocenters. The van der Waals surface area contributed by atoms with E-state index in [1.807, 2.05) is 69.5 Å². The Balaban J connectivity index is 0.000000286. The van der Waals surface area contributed by atoms with Crippen LogP contribution in [0.5, 0.6) is 0 Å². The zero-order valence-corrected chi connectivity index (χ0v) is 32.9. The van der Waals surface area contributed by atoms with E-state index >= 15 is 0 Å². The number of thiazole rings is 1. The molecular formula is C29H45N15O2S3. The largest absolute Gasteiger partial charge is 0.340 e. The highest BCUT2D eigenvalue weighted by Crippen LogP contribution is 2.05. The van der Waals surface area contributed by atoms with Crippen molar-refractivity contribution in [2.24, 2.45) is 14.1 Å². The van der Waals surface area contributed by atoms with Gasteiger partial charge in [0.15, 0.2) is 11.6 Å². The van der Waals surface area contributed by atoms with Crippen LogP contribution in [-0.2, 0) is 14.1 Å². The molecule has 7 aromatic heterocycles. The lowest BCUT2D eigenvalue weighted by molar-refractivity contribution is 0.389. The fraction of sp³-hybridized carbons (Fsp3) is 0.483. The van der Waals surface area contributed by atoms with Crippen LogP contribution in [-0.4, -0.2) is 73.5 Å². The van der Waals surface area contributed by atoms with Crippen molar-refractivity contribution in [2.75, 3.05) is 0 Å². The van der Waals surface area contributed by atoms with Crippen molar-refractivity contribution in [3.63, 3.8) is 0 Å². The molecule has 0 saturated carbocycles. The Labute approximate surface area is 298 Å². The van der Waals surface area contributed by atoms with E-state index in [4.69, 9.17) is 0 Å². The first kappa shape index (κ1) is 42.3. The van der Waals surface area contributed by atoms with Crippen LogP contribution in [0.15, 0.2) is 27.1 Å². The van der Waals surface area contributed by atoms with Gasteiger partial charge in [-0.2, -0.15) is 28.9 Å². The molecule has 7 heterocycles. The third kappa shape index (κ3) is 21.7. The lowest BCUT2D eigenvalue weighted by atomic mass is 10.6. The molecule has 266 valence electrons. The molecule has 0 aromatic carbocycles. The minimum atomic E-state index is 0.623. The standard InChI is InChI=1S/C5H7NS.2C4H7N3.2C4H6N2O.2C4H6N2S/c1-4-3-7-5(2)6-4;2*1-4-5-3-7(2)6-4;4*1-3-5-4(2)7-6-3/h3*3H,1-2H3;4*1-2H3. The Kier molecular flexibility index (Phi) is 19.7. The molecule has 7 rings (SSSR count). The second-order valence-corrected chi connectivity index (χ2v) is 12.9. The first-order valence-electron chi connectivity index (χ1n) is 14.6. The molecule has 7 aromatic rings. The number of aryl methyl sites for hydroxylation is 14. The number of hydrogen-bond donors (Lipinski definition) is 0. The minimum absolute atomic E-state index is 0.623. The lowest BCUT2D eigenvalue weighted by Gasteiger charge is -1.76. The normalized spacial score (nSPS) is 9.43. The lowest BCUT2D eigenvalue weighted by Crippen LogP contribution is -1.86. The monoisotopic (exact) mass is 731 g/mol. The third-order valence-corrected chi connectivity index (χ3v) is 6.99. The van der Waals surface area contributed by atoms with Gasteiger partial charge < -0.3 is 9.05 Å². The van der Waals surface area contributed by atoms with Crippen molar-refractivity contribution in [2.45, 2.75) is 83.1 Å². The molecule has 0 N–H and O–H groups in total. The number of aromatic nitrogens is 15. The maximum atomic E-state index is 4.60. The summed E-state index contributed by atoms with van der Waals surface area (Å²) in [5.74, 6) is 6.03. The van der Waals surface area contributed by atoms with Gasteiger partial charge in [0.25, 0.3) is 0 Å². The van der Waals surface area contributed by atoms with Gasteiger partial charge >= 0.3 is 0 Å². The van der Waals surface area contributed by atoms with Crippen molar-refractivity contribution in [1.82, 2.24) is 73.5 Å². The van der Waals surface area contributed by atoms with Crippen LogP contribution in [0.2, 0.25) is 0 Å². The Hall–Kier alpha value is -4.69. The average molecular weight is 732 g/mol. The zero-order chi connectivity index (χ0) is 36.9. The van der Waals surface area contributed by atoms with Gasteiger partial charge in [0, 0.05) is 39.0 Å². The maximum absolute atomic E-state index is 4.60. The van der Waals surface area contributed by atoms with Crippen LogP contribution in [0.1, 0.15) is 67.4 Å². The van der Waals surface area contributed by atoms with Crippen LogP contribution < -0.4 is 0 Å². The molecule has 49 heavy (non-hydrogen) atoms. The number of nitrogens with zero attached hydrogens (tertiary/aromatic N) is 15. The summed E-state index contributed by atoms with van der Waals surface area (Å²) in [7, 11) is 3.69. The second-order valence-electron chi connectivity index (χ2n) is 9.88. The van der Waals surface area contributed by atoms with Gasteiger partial charge in [-0.1, -0.05) is 10.3 Å². The first-order chi connectivity index (χ1) is 23.0. The molecule has 0 aliphatic carbocycles. The molecule has 0 aliphatic rings. The van der Waals surface area contributed by atoms with E-state index in [1.165, 1.54) is 23.1 Å². The van der Waals surface area contributed by atoms with Gasteiger partial charge in [-0.15, -0.1) is 11.3 Å². The van der Waals surface area contributed by atoms with Gasteiger partial charge in [-0.25, -0.2) is 24.9 Å². The van der Waals surface area contributed by atoms with Crippen molar-refractivity contribution in [3.05, 3.63) is 85.5 Å². The smallest absolute Gasteiger partial charge is 0.223 e. The summed E-state index contributed by atoms with van der Waals surface area (Å²) in [6.07, 6.45) is 3.35. The maximum Gasteiger partial charge on any atom is 0.223 e. The molecule has 0 unspecified atom stereocenters. The predicted octanol–water partition coefficient (Wildman–Crippen LogP) is 5.69. The van der Waals surface area contributed by atoms with Crippen LogP contribution in [0.4, 0.5) is 0 Å². The fourth-order valence-corrected chi connectivity index (χ4v) is 4.52. The van der Waals surface area contributed by atoms with E-state index in [0.29, 0.717) is 23.4 Å². The Morgan fingerprint density at radius 3 is 0.980 bits per heavy atom. The molecule has 20 heteroatoms. The highest BCUT2D eigenvalue weighted by Gasteiger charge is 1.92.